The number of imidazole rings is 1. The van der Waals surface area contributed by atoms with Gasteiger partial charge in [0, 0.05) is 25.9 Å². The SMILES string of the molecule is COCCNC(=O)c1cc2[nH]c(-c3c(NC4CCC(O)CC4)cc[nH]c3=O)nc2s1. The number of aromatic amines is 2. The van der Waals surface area contributed by atoms with Crippen molar-refractivity contribution in [2.75, 3.05) is 25.6 Å². The molecule has 3 aromatic rings. The summed E-state index contributed by atoms with van der Waals surface area (Å²) in [7, 11) is 1.58. The third-order valence-electron chi connectivity index (χ3n) is 5.25. The van der Waals surface area contributed by atoms with Crippen LogP contribution in [-0.2, 0) is 4.74 Å². The minimum absolute atomic E-state index is 0.176. The van der Waals surface area contributed by atoms with Crippen molar-refractivity contribution in [3.63, 3.8) is 0 Å². The second-order valence-corrected chi connectivity index (χ2v) is 8.44. The van der Waals surface area contributed by atoms with E-state index in [4.69, 9.17) is 4.74 Å². The molecule has 1 aliphatic rings. The average Bonchev–Trinajstić information content (AvgIpc) is 3.29. The van der Waals surface area contributed by atoms with Gasteiger partial charge in [-0.25, -0.2) is 4.98 Å². The third kappa shape index (κ3) is 4.40. The molecule has 9 nitrogen and oxygen atoms in total. The summed E-state index contributed by atoms with van der Waals surface area (Å²) in [5.74, 6) is 0.284. The first-order valence-corrected chi connectivity index (χ1v) is 10.8. The molecule has 3 aromatic heterocycles. The van der Waals surface area contributed by atoms with Crippen LogP contribution in [0.15, 0.2) is 23.1 Å². The largest absolute Gasteiger partial charge is 0.393 e. The quantitative estimate of drug-likeness (QED) is 0.364. The van der Waals surface area contributed by atoms with Crippen molar-refractivity contribution in [2.24, 2.45) is 0 Å². The zero-order valence-electron chi connectivity index (χ0n) is 16.7. The van der Waals surface area contributed by atoms with Crippen LogP contribution in [0.1, 0.15) is 35.4 Å². The summed E-state index contributed by atoms with van der Waals surface area (Å²) in [6.45, 7) is 0.885. The summed E-state index contributed by atoms with van der Waals surface area (Å²) in [5.41, 5.74) is 1.62. The number of nitrogens with zero attached hydrogens (tertiary/aromatic N) is 1. The van der Waals surface area contributed by atoms with E-state index >= 15 is 0 Å². The number of aliphatic hydroxyl groups is 1. The van der Waals surface area contributed by atoms with E-state index in [0.717, 1.165) is 25.7 Å². The monoisotopic (exact) mass is 431 g/mol. The number of methoxy groups -OCH3 is 1. The normalized spacial score (nSPS) is 19.1. The molecule has 0 unspecified atom stereocenters. The Balaban J connectivity index is 1.57. The minimum Gasteiger partial charge on any atom is -0.393 e. The highest BCUT2D eigenvalue weighted by Crippen LogP contribution is 2.30. The predicted molar refractivity (Wildman–Crippen MR) is 116 cm³/mol. The standard InChI is InChI=1S/C20H25N5O4S/c1-29-9-8-22-18(27)15-10-14-20(30-15)25-17(24-14)16-13(6-7-21-19(16)28)23-11-2-4-12(26)5-3-11/h6-7,10-12,26H,2-5,8-9H2,1H3,(H,22,27)(H,24,25)(H2,21,23,28). The van der Waals surface area contributed by atoms with Crippen molar-refractivity contribution >= 4 is 33.3 Å². The fourth-order valence-corrected chi connectivity index (χ4v) is 4.58. The molecule has 1 fully saturated rings. The summed E-state index contributed by atoms with van der Waals surface area (Å²) < 4.78 is 4.94. The van der Waals surface area contributed by atoms with E-state index in [9.17, 15) is 14.7 Å². The lowest BCUT2D eigenvalue weighted by molar-refractivity contribution is 0.0941. The van der Waals surface area contributed by atoms with Crippen LogP contribution in [0.4, 0.5) is 5.69 Å². The first kappa shape index (κ1) is 20.6. The number of amides is 1. The van der Waals surface area contributed by atoms with Gasteiger partial charge < -0.3 is 30.4 Å². The molecule has 0 saturated heterocycles. The number of carbonyl (C=O) groups excluding carboxylic acids is 1. The number of hydrogen-bond acceptors (Lipinski definition) is 7. The number of carbonyl (C=O) groups is 1. The number of nitrogens with one attached hydrogen (secondary N) is 4. The number of hydrogen-bond donors (Lipinski definition) is 5. The number of aliphatic hydroxyl groups excluding tert-OH is 1. The number of rotatable bonds is 7. The molecule has 1 saturated carbocycles. The van der Waals surface area contributed by atoms with E-state index in [1.54, 1.807) is 19.4 Å². The van der Waals surface area contributed by atoms with Crippen molar-refractivity contribution in [2.45, 2.75) is 37.8 Å². The molecule has 5 N–H and O–H groups in total. The molecular weight excluding hydrogens is 406 g/mol. The van der Waals surface area contributed by atoms with Crippen LogP contribution >= 0.6 is 11.3 Å². The van der Waals surface area contributed by atoms with E-state index in [1.807, 2.05) is 6.07 Å². The van der Waals surface area contributed by atoms with Crippen LogP contribution < -0.4 is 16.2 Å². The number of ether oxygens (including phenoxy) is 1. The number of pyridine rings is 1. The fourth-order valence-electron chi connectivity index (χ4n) is 3.67. The van der Waals surface area contributed by atoms with Crippen molar-refractivity contribution < 1.29 is 14.6 Å². The zero-order chi connectivity index (χ0) is 21.1. The summed E-state index contributed by atoms with van der Waals surface area (Å²) >= 11 is 1.27. The minimum atomic E-state index is -0.241. The molecular formula is C20H25N5O4S. The maximum Gasteiger partial charge on any atom is 0.261 e. The Kier molecular flexibility index (Phi) is 6.16. The van der Waals surface area contributed by atoms with Crippen LogP contribution in [0.3, 0.4) is 0 Å². The van der Waals surface area contributed by atoms with E-state index < -0.39 is 0 Å². The molecule has 0 spiro atoms. The molecule has 160 valence electrons. The number of anilines is 1. The first-order valence-electron chi connectivity index (χ1n) is 9.98. The Morgan fingerprint density at radius 1 is 1.37 bits per heavy atom. The maximum absolute atomic E-state index is 12.6. The zero-order valence-corrected chi connectivity index (χ0v) is 17.5. The first-order chi connectivity index (χ1) is 14.5. The summed E-state index contributed by atoms with van der Waals surface area (Å²) in [5, 5.41) is 15.9. The van der Waals surface area contributed by atoms with Gasteiger partial charge in [0.25, 0.3) is 11.5 Å². The summed E-state index contributed by atoms with van der Waals surface area (Å²) in [4.78, 5) is 36.5. The molecule has 30 heavy (non-hydrogen) atoms. The van der Waals surface area contributed by atoms with Gasteiger partial charge in [-0.15, -0.1) is 11.3 Å². The maximum atomic E-state index is 12.6. The summed E-state index contributed by atoms with van der Waals surface area (Å²) in [6, 6.07) is 3.77. The molecule has 3 heterocycles. The van der Waals surface area contributed by atoms with Crippen molar-refractivity contribution in [3.8, 4) is 11.4 Å². The molecule has 0 aliphatic heterocycles. The highest BCUT2D eigenvalue weighted by molar-refractivity contribution is 7.20. The Morgan fingerprint density at radius 3 is 2.90 bits per heavy atom. The molecule has 0 aromatic carbocycles. The Hall–Kier alpha value is -2.69. The predicted octanol–water partition coefficient (Wildman–Crippen LogP) is 2.07. The van der Waals surface area contributed by atoms with Crippen LogP contribution in [0, 0.1) is 0 Å². The van der Waals surface area contributed by atoms with Gasteiger partial charge >= 0.3 is 0 Å². The second-order valence-electron chi connectivity index (χ2n) is 7.41. The van der Waals surface area contributed by atoms with Gasteiger partial charge in [0.1, 0.15) is 16.2 Å². The number of aromatic nitrogens is 3. The Bertz CT molecular complexity index is 1050. The molecule has 4 rings (SSSR count). The third-order valence-corrected chi connectivity index (χ3v) is 6.28. The van der Waals surface area contributed by atoms with Crippen molar-refractivity contribution in [1.29, 1.82) is 0 Å². The fraction of sp³-hybridized carbons (Fsp3) is 0.450. The van der Waals surface area contributed by atoms with E-state index in [2.05, 4.69) is 25.6 Å². The van der Waals surface area contributed by atoms with Crippen LogP contribution in [0.2, 0.25) is 0 Å². The van der Waals surface area contributed by atoms with E-state index in [0.29, 0.717) is 45.5 Å². The number of thiophene rings is 1. The van der Waals surface area contributed by atoms with Gasteiger partial charge in [0.15, 0.2) is 0 Å². The Morgan fingerprint density at radius 2 is 2.17 bits per heavy atom. The molecule has 10 heteroatoms. The number of fused-ring (bicyclic) bond motifs is 1. The van der Waals surface area contributed by atoms with Gasteiger partial charge in [-0.05, 0) is 37.8 Å². The van der Waals surface area contributed by atoms with Crippen LogP contribution in [-0.4, -0.2) is 58.4 Å². The van der Waals surface area contributed by atoms with Crippen LogP contribution in [0.5, 0.6) is 0 Å². The van der Waals surface area contributed by atoms with Gasteiger partial charge in [0.2, 0.25) is 0 Å². The molecule has 0 atom stereocenters. The van der Waals surface area contributed by atoms with E-state index in [1.165, 1.54) is 11.3 Å². The molecule has 0 bridgehead atoms. The van der Waals surface area contributed by atoms with Crippen LogP contribution in [0.25, 0.3) is 21.7 Å². The number of H-pyrrole nitrogens is 2. The van der Waals surface area contributed by atoms with Crippen molar-refractivity contribution in [3.05, 3.63) is 33.6 Å². The second kappa shape index (κ2) is 8.99. The smallest absolute Gasteiger partial charge is 0.261 e. The lowest BCUT2D eigenvalue weighted by Gasteiger charge is -2.27. The molecule has 1 amide bonds. The van der Waals surface area contributed by atoms with Gasteiger partial charge in [-0.3, -0.25) is 9.59 Å². The van der Waals surface area contributed by atoms with Crippen molar-refractivity contribution in [1.82, 2.24) is 20.3 Å². The topological polar surface area (TPSA) is 132 Å². The highest BCUT2D eigenvalue weighted by atomic mass is 32.1. The van der Waals surface area contributed by atoms with Gasteiger partial charge in [-0.1, -0.05) is 0 Å². The lowest BCUT2D eigenvalue weighted by atomic mass is 9.93. The molecule has 0 radical (unpaired) electrons. The van der Waals surface area contributed by atoms with Gasteiger partial charge in [-0.2, -0.15) is 0 Å². The van der Waals surface area contributed by atoms with E-state index in [-0.39, 0.29) is 23.6 Å². The Labute approximate surface area is 176 Å². The summed E-state index contributed by atoms with van der Waals surface area (Å²) in [6.07, 6.45) is 4.58. The average molecular weight is 432 g/mol. The highest BCUT2D eigenvalue weighted by Gasteiger charge is 2.22. The molecule has 1 aliphatic carbocycles. The van der Waals surface area contributed by atoms with Gasteiger partial charge in [0.05, 0.1) is 28.8 Å². The lowest BCUT2D eigenvalue weighted by Crippen LogP contribution is -2.29.